The van der Waals surface area contributed by atoms with E-state index in [2.05, 4.69) is 17.1 Å². The van der Waals surface area contributed by atoms with Gasteiger partial charge < -0.3 is 15.0 Å². The number of hydrogen-bond acceptors (Lipinski definition) is 5. The van der Waals surface area contributed by atoms with E-state index in [0.717, 1.165) is 57.0 Å². The van der Waals surface area contributed by atoms with Gasteiger partial charge in [-0.25, -0.2) is 0 Å². The van der Waals surface area contributed by atoms with Crippen LogP contribution in [0.15, 0.2) is 4.52 Å². The number of nitrogens with two attached hydrogens (primary N) is 1. The number of aromatic nitrogens is 2. The fourth-order valence-electron chi connectivity index (χ4n) is 2.42. The molecule has 5 nitrogen and oxygen atoms in total. The van der Waals surface area contributed by atoms with Crippen LogP contribution in [0.3, 0.4) is 0 Å². The molecule has 0 aromatic carbocycles. The lowest BCUT2D eigenvalue weighted by atomic mass is 10.0. The maximum Gasteiger partial charge on any atom is 0.229 e. The van der Waals surface area contributed by atoms with Crippen molar-refractivity contribution in [3.8, 4) is 0 Å². The molecule has 2 N–H and O–H groups in total. The molecule has 1 aliphatic heterocycles. The summed E-state index contributed by atoms with van der Waals surface area (Å²) < 4.78 is 10.7. The highest BCUT2D eigenvalue weighted by Gasteiger charge is 2.20. The Morgan fingerprint density at radius 1 is 1.37 bits per heavy atom. The van der Waals surface area contributed by atoms with Gasteiger partial charge in [-0.05, 0) is 32.1 Å². The smallest absolute Gasteiger partial charge is 0.229 e. The van der Waals surface area contributed by atoms with Gasteiger partial charge in [-0.15, -0.1) is 0 Å². The Morgan fingerprint density at radius 2 is 2.21 bits per heavy atom. The number of ether oxygens (including phenoxy) is 1. The van der Waals surface area contributed by atoms with E-state index in [0.29, 0.717) is 11.8 Å². The molecule has 0 spiro atoms. The zero-order valence-corrected chi connectivity index (χ0v) is 12.0. The third-order valence-electron chi connectivity index (χ3n) is 3.70. The Hall–Kier alpha value is -0.940. The van der Waals surface area contributed by atoms with Crippen molar-refractivity contribution in [2.45, 2.75) is 57.9 Å². The quantitative estimate of drug-likeness (QED) is 0.820. The van der Waals surface area contributed by atoms with E-state index < -0.39 is 0 Å². The van der Waals surface area contributed by atoms with Crippen LogP contribution in [0.4, 0.5) is 0 Å². The summed E-state index contributed by atoms with van der Waals surface area (Å²) >= 11 is 0. The van der Waals surface area contributed by atoms with Crippen molar-refractivity contribution >= 4 is 0 Å². The molecule has 0 saturated carbocycles. The third-order valence-corrected chi connectivity index (χ3v) is 3.70. The van der Waals surface area contributed by atoms with Crippen LogP contribution in [-0.4, -0.2) is 29.4 Å². The zero-order chi connectivity index (χ0) is 13.7. The molecular formula is C14H25N3O2. The summed E-state index contributed by atoms with van der Waals surface area (Å²) in [5.41, 5.74) is 5.75. The first kappa shape index (κ1) is 14.5. The molecule has 108 valence electrons. The lowest BCUT2D eigenvalue weighted by molar-refractivity contribution is 0.185. The van der Waals surface area contributed by atoms with Gasteiger partial charge in [0.05, 0.1) is 0 Å². The Morgan fingerprint density at radius 3 is 2.89 bits per heavy atom. The van der Waals surface area contributed by atoms with Gasteiger partial charge in [0.2, 0.25) is 5.89 Å². The molecule has 2 heterocycles. The second kappa shape index (κ2) is 7.01. The second-order valence-electron chi connectivity index (χ2n) is 5.79. The number of nitrogens with zero attached hydrogens (tertiary/aromatic N) is 2. The van der Waals surface area contributed by atoms with Gasteiger partial charge >= 0.3 is 0 Å². The van der Waals surface area contributed by atoms with E-state index in [1.807, 2.05) is 6.92 Å². The minimum absolute atomic E-state index is 0.271. The van der Waals surface area contributed by atoms with Gasteiger partial charge in [0.1, 0.15) is 0 Å². The second-order valence-corrected chi connectivity index (χ2v) is 5.79. The van der Waals surface area contributed by atoms with E-state index >= 15 is 0 Å². The molecule has 1 aromatic rings. The van der Waals surface area contributed by atoms with E-state index in [-0.39, 0.29) is 6.04 Å². The summed E-state index contributed by atoms with van der Waals surface area (Å²) in [6, 6.07) is 0.271. The summed E-state index contributed by atoms with van der Waals surface area (Å²) in [4.78, 5) is 4.51. The van der Waals surface area contributed by atoms with E-state index in [1.54, 1.807) is 0 Å². The average Bonchev–Trinajstić information content (AvgIpc) is 3.00. The van der Waals surface area contributed by atoms with Gasteiger partial charge in [-0.1, -0.05) is 18.5 Å². The van der Waals surface area contributed by atoms with Crippen LogP contribution in [0.2, 0.25) is 0 Å². The summed E-state index contributed by atoms with van der Waals surface area (Å²) in [5, 5.41) is 4.08. The topological polar surface area (TPSA) is 74.2 Å². The largest absolute Gasteiger partial charge is 0.381 e. The minimum atomic E-state index is 0.271. The van der Waals surface area contributed by atoms with E-state index in [1.165, 1.54) is 0 Å². The fraction of sp³-hybridized carbons (Fsp3) is 0.857. The Labute approximate surface area is 114 Å². The molecule has 1 saturated heterocycles. The maximum absolute atomic E-state index is 5.75. The lowest BCUT2D eigenvalue weighted by Crippen LogP contribution is -2.14. The van der Waals surface area contributed by atoms with E-state index in [9.17, 15) is 0 Å². The molecule has 5 heteroatoms. The molecule has 3 atom stereocenters. The Balaban J connectivity index is 1.78. The number of hydrogen-bond donors (Lipinski definition) is 1. The monoisotopic (exact) mass is 267 g/mol. The van der Waals surface area contributed by atoms with Crippen LogP contribution in [-0.2, 0) is 11.2 Å². The molecule has 1 fully saturated rings. The maximum atomic E-state index is 5.75. The van der Waals surface area contributed by atoms with Crippen molar-refractivity contribution < 1.29 is 9.26 Å². The standard InChI is InChI=1S/C14H25N3O2/c1-10(4-3-5-11(2)15)14-16-13(17-19-14)8-12-6-7-18-9-12/h10-12H,3-9,15H2,1-2H3. The van der Waals surface area contributed by atoms with Crippen molar-refractivity contribution in [2.24, 2.45) is 11.7 Å². The van der Waals surface area contributed by atoms with Crippen molar-refractivity contribution in [1.82, 2.24) is 10.1 Å². The van der Waals surface area contributed by atoms with Crippen LogP contribution in [0.1, 0.15) is 57.2 Å². The molecule has 1 aliphatic rings. The number of rotatable bonds is 7. The van der Waals surface area contributed by atoms with E-state index in [4.69, 9.17) is 15.0 Å². The summed E-state index contributed by atoms with van der Waals surface area (Å²) in [6.45, 7) is 5.87. The molecule has 3 unspecified atom stereocenters. The van der Waals surface area contributed by atoms with Gasteiger partial charge in [0.25, 0.3) is 0 Å². The SMILES string of the molecule is CC(N)CCCC(C)c1nc(CC2CCOC2)no1. The van der Waals surface area contributed by atoms with Crippen LogP contribution in [0, 0.1) is 5.92 Å². The van der Waals surface area contributed by atoms with Crippen LogP contribution in [0.5, 0.6) is 0 Å². The summed E-state index contributed by atoms with van der Waals surface area (Å²) in [5.74, 6) is 2.46. The highest BCUT2D eigenvalue weighted by Crippen LogP contribution is 2.22. The summed E-state index contributed by atoms with van der Waals surface area (Å²) in [7, 11) is 0. The van der Waals surface area contributed by atoms with Crippen LogP contribution < -0.4 is 5.73 Å². The van der Waals surface area contributed by atoms with Gasteiger partial charge in [-0.2, -0.15) is 4.98 Å². The first-order valence-corrected chi connectivity index (χ1v) is 7.31. The molecule has 2 rings (SSSR count). The molecular weight excluding hydrogens is 242 g/mol. The highest BCUT2D eigenvalue weighted by atomic mass is 16.5. The average molecular weight is 267 g/mol. The first-order chi connectivity index (χ1) is 9.15. The van der Waals surface area contributed by atoms with Crippen molar-refractivity contribution in [3.63, 3.8) is 0 Å². The molecule has 0 amide bonds. The first-order valence-electron chi connectivity index (χ1n) is 7.31. The highest BCUT2D eigenvalue weighted by molar-refractivity contribution is 4.94. The lowest BCUT2D eigenvalue weighted by Gasteiger charge is -2.07. The molecule has 0 radical (unpaired) electrons. The third kappa shape index (κ3) is 4.58. The molecule has 0 bridgehead atoms. The molecule has 1 aromatic heterocycles. The Bertz CT molecular complexity index is 373. The van der Waals surface area contributed by atoms with Crippen LogP contribution >= 0.6 is 0 Å². The predicted molar refractivity (Wildman–Crippen MR) is 72.8 cm³/mol. The molecule has 0 aliphatic carbocycles. The normalized spacial score (nSPS) is 22.6. The van der Waals surface area contributed by atoms with Crippen molar-refractivity contribution in [3.05, 3.63) is 11.7 Å². The fourth-order valence-corrected chi connectivity index (χ4v) is 2.42. The van der Waals surface area contributed by atoms with Crippen molar-refractivity contribution in [2.75, 3.05) is 13.2 Å². The summed E-state index contributed by atoms with van der Waals surface area (Å²) in [6.07, 6.45) is 5.18. The molecule has 19 heavy (non-hydrogen) atoms. The van der Waals surface area contributed by atoms with Crippen molar-refractivity contribution in [1.29, 1.82) is 0 Å². The van der Waals surface area contributed by atoms with Gasteiger partial charge in [0.15, 0.2) is 5.82 Å². The Kier molecular flexibility index (Phi) is 5.34. The van der Waals surface area contributed by atoms with Gasteiger partial charge in [0, 0.05) is 31.6 Å². The van der Waals surface area contributed by atoms with Gasteiger partial charge in [-0.3, -0.25) is 0 Å². The van der Waals surface area contributed by atoms with Crippen LogP contribution in [0.25, 0.3) is 0 Å². The minimum Gasteiger partial charge on any atom is -0.381 e. The zero-order valence-electron chi connectivity index (χ0n) is 12.0. The predicted octanol–water partition coefficient (Wildman–Crippen LogP) is 2.27.